The van der Waals surface area contributed by atoms with Crippen LogP contribution in [-0.2, 0) is 0 Å². The van der Waals surface area contributed by atoms with Gasteiger partial charge in [-0.2, -0.15) is 0 Å². The number of hydrogen-bond acceptors (Lipinski definition) is 0. The van der Waals surface area contributed by atoms with E-state index in [-0.39, 0.29) is 59.4 Å². The SMILES string of the molecule is C.C.C.C.C.C.C.C.CC.CC.CC.CC.CCC.CCC.CCC.CCC. The van der Waals surface area contributed by atoms with Crippen LogP contribution in [0.3, 0.4) is 0 Å². The predicted octanol–water partition coefficient (Wildman–Crippen LogP) is 14.9. The van der Waals surface area contributed by atoms with Crippen molar-refractivity contribution in [2.24, 2.45) is 0 Å². The Morgan fingerprint density at radius 2 is 0.214 bits per heavy atom. The maximum absolute atomic E-state index is 2.12. The van der Waals surface area contributed by atoms with Crippen molar-refractivity contribution in [1.82, 2.24) is 0 Å². The lowest BCUT2D eigenvalue weighted by atomic mass is 10.6. The summed E-state index contributed by atoms with van der Waals surface area (Å²) in [4.78, 5) is 0. The molecular formula is C28H88. The van der Waals surface area contributed by atoms with Gasteiger partial charge in [-0.1, -0.05) is 196 Å². The molecule has 0 spiro atoms. The zero-order valence-electron chi connectivity index (χ0n) is 18.8. The molecule has 0 atom stereocenters. The van der Waals surface area contributed by atoms with Crippen LogP contribution in [0.4, 0.5) is 0 Å². The average Bonchev–Trinajstić information content (AvgIpc) is 2.50. The van der Waals surface area contributed by atoms with E-state index in [1.165, 1.54) is 25.7 Å². The van der Waals surface area contributed by atoms with Crippen molar-refractivity contribution in [1.29, 1.82) is 0 Å². The summed E-state index contributed by atoms with van der Waals surface area (Å²) in [6.45, 7) is 33.0. The van der Waals surface area contributed by atoms with Crippen LogP contribution in [0.15, 0.2) is 0 Å². The van der Waals surface area contributed by atoms with E-state index in [9.17, 15) is 0 Å². The highest BCUT2D eigenvalue weighted by Gasteiger charge is 1.36. The largest absolute Gasteiger partial charge is 0.0776 e. The van der Waals surface area contributed by atoms with Crippen LogP contribution in [0.25, 0.3) is 0 Å². The van der Waals surface area contributed by atoms with E-state index in [0.29, 0.717) is 0 Å². The third-order valence-electron chi connectivity index (χ3n) is 0. The van der Waals surface area contributed by atoms with E-state index in [2.05, 4.69) is 55.4 Å². The molecule has 0 aliphatic rings. The second kappa shape index (κ2) is 1140. The van der Waals surface area contributed by atoms with Gasteiger partial charge in [-0.15, -0.1) is 0 Å². The highest BCUT2D eigenvalue weighted by Crippen LogP contribution is 1.57. The van der Waals surface area contributed by atoms with Gasteiger partial charge in [-0.25, -0.2) is 0 Å². The topological polar surface area (TPSA) is 0 Å². The second-order valence-corrected chi connectivity index (χ2v) is 2.83. The number of hydrogen-bond donors (Lipinski definition) is 0. The van der Waals surface area contributed by atoms with Gasteiger partial charge in [0.25, 0.3) is 0 Å². The molecule has 0 aliphatic heterocycles. The normalized spacial score (nSPS) is 3.43. The first-order chi connectivity index (χ1) is 9.66. The van der Waals surface area contributed by atoms with Crippen molar-refractivity contribution >= 4 is 0 Å². The van der Waals surface area contributed by atoms with Gasteiger partial charge in [0, 0.05) is 0 Å². The summed E-state index contributed by atoms with van der Waals surface area (Å²) < 4.78 is 0. The van der Waals surface area contributed by atoms with E-state index in [0.717, 1.165) is 0 Å². The molecule has 0 heterocycles. The van der Waals surface area contributed by atoms with Gasteiger partial charge in [-0.3, -0.25) is 0 Å². The van der Waals surface area contributed by atoms with Gasteiger partial charge < -0.3 is 0 Å². The Hall–Kier alpha value is 0. The molecular weight excluding hydrogens is 336 g/mol. The zero-order chi connectivity index (χ0) is 18.8. The molecule has 28 heavy (non-hydrogen) atoms. The fourth-order valence-corrected chi connectivity index (χ4v) is 0. The van der Waals surface area contributed by atoms with Crippen molar-refractivity contribution in [2.45, 2.75) is 196 Å². The lowest BCUT2D eigenvalue weighted by molar-refractivity contribution is 1.09. The van der Waals surface area contributed by atoms with Crippen LogP contribution in [0.1, 0.15) is 196 Å². The molecule has 0 aliphatic carbocycles. The van der Waals surface area contributed by atoms with Gasteiger partial charge in [-0.05, 0) is 0 Å². The maximum Gasteiger partial charge on any atom is -0.0590 e. The Kier molecular flexibility index (Phi) is 5780. The van der Waals surface area contributed by atoms with E-state index in [1.54, 1.807) is 0 Å². The highest BCUT2D eigenvalue weighted by atomic mass is 13.4. The molecule has 0 rings (SSSR count). The van der Waals surface area contributed by atoms with Crippen LogP contribution >= 0.6 is 0 Å². The molecule has 0 heteroatoms. The van der Waals surface area contributed by atoms with E-state index in [1.807, 2.05) is 55.4 Å². The average molecular weight is 425 g/mol. The Morgan fingerprint density at radius 3 is 0.214 bits per heavy atom. The third-order valence-corrected chi connectivity index (χ3v) is 0. The molecule has 200 valence electrons. The molecule has 0 saturated heterocycles. The van der Waals surface area contributed by atoms with Crippen LogP contribution in [0.5, 0.6) is 0 Å². The molecule has 0 radical (unpaired) electrons. The lowest BCUT2D eigenvalue weighted by Gasteiger charge is -1.48. The smallest absolute Gasteiger partial charge is 0.0590 e. The number of rotatable bonds is 0. The summed E-state index contributed by atoms with van der Waals surface area (Å²) in [6, 6.07) is 0. The summed E-state index contributed by atoms with van der Waals surface area (Å²) in [5.41, 5.74) is 0. The van der Waals surface area contributed by atoms with Gasteiger partial charge >= 0.3 is 0 Å². The van der Waals surface area contributed by atoms with Gasteiger partial charge in [0.2, 0.25) is 0 Å². The minimum Gasteiger partial charge on any atom is -0.0776 e. The molecule has 0 aromatic heterocycles. The molecule has 0 saturated carbocycles. The second-order valence-electron chi connectivity index (χ2n) is 2.83. The fraction of sp³-hybridized carbons (Fsp3) is 1.00. The molecule has 0 amide bonds. The molecule has 0 nitrogen and oxygen atoms in total. The first kappa shape index (κ1) is 142. The first-order valence-corrected chi connectivity index (χ1v) is 9.66. The standard InChI is InChI=1S/4C3H8.4C2H6.8CH4/c4*1-3-2;4*1-2;;;;;;;;/h4*3H2,1-2H3;4*1-2H3;8*1H4. The van der Waals surface area contributed by atoms with Crippen LogP contribution in [0, 0.1) is 0 Å². The predicted molar refractivity (Wildman–Crippen MR) is 163 cm³/mol. The van der Waals surface area contributed by atoms with Gasteiger partial charge in [0.05, 0.1) is 0 Å². The van der Waals surface area contributed by atoms with Crippen molar-refractivity contribution in [3.8, 4) is 0 Å². The monoisotopic (exact) mass is 425 g/mol. The fourth-order valence-electron chi connectivity index (χ4n) is 0. The molecule has 0 unspecified atom stereocenters. The first-order valence-electron chi connectivity index (χ1n) is 9.66. The van der Waals surface area contributed by atoms with Crippen molar-refractivity contribution in [3.05, 3.63) is 0 Å². The van der Waals surface area contributed by atoms with Crippen LogP contribution in [0.2, 0.25) is 0 Å². The Balaban J connectivity index is -0.00000000406. The third kappa shape index (κ3) is 0. The molecule has 0 aromatic carbocycles. The Bertz CT molecular complexity index is 8.00. The van der Waals surface area contributed by atoms with Gasteiger partial charge in [0.1, 0.15) is 0 Å². The van der Waals surface area contributed by atoms with Crippen molar-refractivity contribution in [3.63, 3.8) is 0 Å². The van der Waals surface area contributed by atoms with Crippen LogP contribution < -0.4 is 0 Å². The lowest BCUT2D eigenvalue weighted by Crippen LogP contribution is -1.27. The maximum atomic E-state index is 2.12. The molecule has 0 bridgehead atoms. The Labute approximate surface area is 196 Å². The summed E-state index contributed by atoms with van der Waals surface area (Å²) in [5.74, 6) is 0. The summed E-state index contributed by atoms with van der Waals surface area (Å²) >= 11 is 0. The summed E-state index contributed by atoms with van der Waals surface area (Å²) in [7, 11) is 0. The summed E-state index contributed by atoms with van der Waals surface area (Å²) in [6.07, 6.45) is 5.00. The molecule has 0 N–H and O–H groups in total. The quantitative estimate of drug-likeness (QED) is 0.362. The van der Waals surface area contributed by atoms with Crippen molar-refractivity contribution in [2.75, 3.05) is 0 Å². The Morgan fingerprint density at radius 1 is 0.214 bits per heavy atom. The summed E-state index contributed by atoms with van der Waals surface area (Å²) in [5, 5.41) is 0. The highest BCUT2D eigenvalue weighted by molar-refractivity contribution is 3.93. The minimum atomic E-state index is 0. The van der Waals surface area contributed by atoms with Crippen molar-refractivity contribution < 1.29 is 0 Å². The van der Waals surface area contributed by atoms with E-state index >= 15 is 0 Å². The zero-order valence-corrected chi connectivity index (χ0v) is 18.8. The van der Waals surface area contributed by atoms with Gasteiger partial charge in [0.15, 0.2) is 0 Å². The minimum absolute atomic E-state index is 0. The molecule has 0 aromatic rings. The van der Waals surface area contributed by atoms with Crippen LogP contribution in [-0.4, -0.2) is 0 Å². The van der Waals surface area contributed by atoms with E-state index in [4.69, 9.17) is 0 Å². The van der Waals surface area contributed by atoms with E-state index < -0.39 is 0 Å². The molecule has 0 fully saturated rings.